The second-order valence-corrected chi connectivity index (χ2v) is 12.9. The number of halogens is 6. The Morgan fingerprint density at radius 1 is 1.07 bits per heavy atom. The van der Waals surface area contributed by atoms with Crippen molar-refractivity contribution in [3.8, 4) is 11.1 Å². The highest BCUT2D eigenvalue weighted by Crippen LogP contribution is 2.50. The van der Waals surface area contributed by atoms with Crippen LogP contribution in [0.4, 0.5) is 27.8 Å². The van der Waals surface area contributed by atoms with Crippen LogP contribution in [0.25, 0.3) is 22.0 Å². The molecular weight excluding hydrogens is 639 g/mol. The summed E-state index contributed by atoms with van der Waals surface area (Å²) < 4.78 is 75.4. The van der Waals surface area contributed by atoms with Gasteiger partial charge in [-0.2, -0.15) is 18.2 Å². The third kappa shape index (κ3) is 5.93. The van der Waals surface area contributed by atoms with Gasteiger partial charge < -0.3 is 14.7 Å². The Kier molecular flexibility index (Phi) is 8.61. The molecule has 1 atom stereocenters. The lowest BCUT2D eigenvalue weighted by atomic mass is 9.95. The Labute approximate surface area is 265 Å². The van der Waals surface area contributed by atoms with E-state index in [0.717, 1.165) is 50.1 Å². The van der Waals surface area contributed by atoms with Crippen LogP contribution in [0.15, 0.2) is 40.5 Å². The van der Waals surface area contributed by atoms with Gasteiger partial charge >= 0.3 is 11.9 Å². The molecule has 3 aliphatic rings. The summed E-state index contributed by atoms with van der Waals surface area (Å²) in [6.45, 7) is 8.15. The van der Waals surface area contributed by atoms with Crippen molar-refractivity contribution in [1.29, 1.82) is 0 Å². The van der Waals surface area contributed by atoms with Gasteiger partial charge in [-0.15, -0.1) is 11.8 Å². The van der Waals surface area contributed by atoms with Crippen molar-refractivity contribution in [3.05, 3.63) is 63.6 Å². The van der Waals surface area contributed by atoms with Crippen molar-refractivity contribution >= 4 is 46.0 Å². The van der Waals surface area contributed by atoms with Gasteiger partial charge in [0.1, 0.15) is 17.5 Å². The standard InChI is InChI=1S/C30H30ClF5N6O2S/c1-3-24(43)40-8-10-41(11-9-40)28-19-12-20(30(34,35)36)25(18-13-21(31)23(33)14-22(18)32)27-26(19)42(29(44)37-28)17(16-45-27)15-39-6-4-38(2)5-7-39/h3,12-14,17H,1,4-11,15-16H2,2H3. The van der Waals surface area contributed by atoms with Crippen LogP contribution in [-0.4, -0.2) is 102 Å². The number of likely N-dealkylation sites (N-methyl/N-ethyl adjacent to an activating group) is 1. The highest BCUT2D eigenvalue weighted by molar-refractivity contribution is 7.99. The maximum absolute atomic E-state index is 15.3. The summed E-state index contributed by atoms with van der Waals surface area (Å²) in [7, 11) is 2.02. The Balaban J connectivity index is 1.58. The summed E-state index contributed by atoms with van der Waals surface area (Å²) in [5.41, 5.74) is -2.57. The summed E-state index contributed by atoms with van der Waals surface area (Å²) in [5.74, 6) is -2.27. The predicted octanol–water partition coefficient (Wildman–Crippen LogP) is 4.74. The Hall–Kier alpha value is -3.20. The largest absolute Gasteiger partial charge is 0.417 e. The molecule has 0 aliphatic carbocycles. The second kappa shape index (κ2) is 12.2. The summed E-state index contributed by atoms with van der Waals surface area (Å²) in [6.07, 6.45) is -3.75. The number of benzene rings is 2. The average Bonchev–Trinajstić information content (AvgIpc) is 3.01. The molecule has 2 saturated heterocycles. The fourth-order valence-corrected chi connectivity index (χ4v) is 7.75. The third-order valence-corrected chi connectivity index (χ3v) is 10.2. The van der Waals surface area contributed by atoms with Crippen LogP contribution in [0.1, 0.15) is 11.6 Å². The molecule has 3 aliphatic heterocycles. The molecule has 1 unspecified atom stereocenters. The van der Waals surface area contributed by atoms with Crippen LogP contribution >= 0.6 is 23.4 Å². The molecule has 2 aromatic carbocycles. The van der Waals surface area contributed by atoms with Gasteiger partial charge in [0, 0.05) is 92.1 Å². The quantitative estimate of drug-likeness (QED) is 0.221. The van der Waals surface area contributed by atoms with Gasteiger partial charge in [-0.1, -0.05) is 18.2 Å². The number of anilines is 1. The van der Waals surface area contributed by atoms with Gasteiger partial charge in [0.2, 0.25) is 5.91 Å². The number of thioether (sulfide) groups is 1. The SMILES string of the molecule is C=CC(=O)N1CCN(c2nc(=O)n3c4c(c(-c5cc(Cl)c(F)cc5F)c(C(F)(F)F)cc24)SCC3CN2CCN(C)CC2)CC1. The molecule has 3 aromatic rings. The van der Waals surface area contributed by atoms with E-state index in [1.54, 1.807) is 9.80 Å². The number of carbonyl (C=O) groups excluding carboxylic acids is 1. The van der Waals surface area contributed by atoms with Crippen LogP contribution in [0.2, 0.25) is 5.02 Å². The molecule has 8 nitrogen and oxygen atoms in total. The first kappa shape index (κ1) is 31.8. The van der Waals surface area contributed by atoms with Crippen molar-refractivity contribution < 1.29 is 26.7 Å². The van der Waals surface area contributed by atoms with E-state index in [1.807, 2.05) is 7.05 Å². The first-order chi connectivity index (χ1) is 21.4. The van der Waals surface area contributed by atoms with Crippen molar-refractivity contribution in [2.45, 2.75) is 17.1 Å². The van der Waals surface area contributed by atoms with Crippen molar-refractivity contribution in [2.24, 2.45) is 0 Å². The number of carbonyl (C=O) groups is 1. The van der Waals surface area contributed by atoms with Gasteiger partial charge in [0.25, 0.3) is 0 Å². The molecule has 240 valence electrons. The van der Waals surface area contributed by atoms with Crippen LogP contribution in [0, 0.1) is 11.6 Å². The smallest absolute Gasteiger partial charge is 0.352 e. The number of hydrogen-bond acceptors (Lipinski definition) is 7. The van der Waals surface area contributed by atoms with Gasteiger partial charge in [0.15, 0.2) is 0 Å². The van der Waals surface area contributed by atoms with Crippen LogP contribution in [0.3, 0.4) is 0 Å². The number of alkyl halides is 3. The normalized spacial score (nSPS) is 19.8. The van der Waals surface area contributed by atoms with Gasteiger partial charge in [0.05, 0.1) is 22.1 Å². The van der Waals surface area contributed by atoms with E-state index in [2.05, 4.69) is 21.4 Å². The number of nitrogens with zero attached hydrogens (tertiary/aromatic N) is 6. The van der Waals surface area contributed by atoms with Crippen molar-refractivity contribution in [3.63, 3.8) is 0 Å². The molecule has 0 radical (unpaired) electrons. The molecular formula is C30H30ClF5N6O2S. The zero-order valence-electron chi connectivity index (χ0n) is 24.3. The van der Waals surface area contributed by atoms with Crippen LogP contribution < -0.4 is 10.6 Å². The maximum Gasteiger partial charge on any atom is 0.417 e. The average molecular weight is 669 g/mol. The van der Waals surface area contributed by atoms with E-state index in [9.17, 15) is 27.2 Å². The van der Waals surface area contributed by atoms with Crippen molar-refractivity contribution in [2.75, 3.05) is 76.6 Å². The Morgan fingerprint density at radius 3 is 2.40 bits per heavy atom. The predicted molar refractivity (Wildman–Crippen MR) is 164 cm³/mol. The summed E-state index contributed by atoms with van der Waals surface area (Å²) in [6, 6.07) is 1.81. The number of hydrogen-bond donors (Lipinski definition) is 0. The van der Waals surface area contributed by atoms with E-state index in [-0.39, 0.29) is 59.5 Å². The molecule has 0 bridgehead atoms. The minimum absolute atomic E-state index is 0.0530. The number of amides is 1. The fraction of sp³-hybridized carbons (Fsp3) is 0.433. The summed E-state index contributed by atoms with van der Waals surface area (Å²) >= 11 is 7.06. The molecule has 6 rings (SSSR count). The van der Waals surface area contributed by atoms with E-state index in [1.165, 1.54) is 10.6 Å². The van der Waals surface area contributed by atoms with Crippen molar-refractivity contribution in [1.82, 2.24) is 24.3 Å². The van der Waals surface area contributed by atoms with Crippen LogP contribution in [0.5, 0.6) is 0 Å². The van der Waals surface area contributed by atoms with E-state index in [0.29, 0.717) is 12.6 Å². The second-order valence-electron chi connectivity index (χ2n) is 11.4. The highest BCUT2D eigenvalue weighted by Gasteiger charge is 2.40. The molecule has 0 spiro atoms. The number of piperazine rings is 2. The monoisotopic (exact) mass is 668 g/mol. The van der Waals surface area contributed by atoms with E-state index < -0.39 is 51.3 Å². The Morgan fingerprint density at radius 2 is 1.76 bits per heavy atom. The number of aromatic nitrogens is 2. The third-order valence-electron chi connectivity index (χ3n) is 8.64. The minimum Gasteiger partial charge on any atom is -0.352 e. The summed E-state index contributed by atoms with van der Waals surface area (Å²) in [5, 5.41) is -0.436. The van der Waals surface area contributed by atoms with E-state index >= 15 is 4.39 Å². The number of rotatable bonds is 5. The zero-order valence-corrected chi connectivity index (χ0v) is 25.9. The fourth-order valence-electron chi connectivity index (χ4n) is 6.27. The maximum atomic E-state index is 15.3. The minimum atomic E-state index is -4.95. The van der Waals surface area contributed by atoms with Gasteiger partial charge in [-0.25, -0.2) is 13.6 Å². The molecule has 0 N–H and O–H groups in total. The van der Waals surface area contributed by atoms with E-state index in [4.69, 9.17) is 11.6 Å². The highest BCUT2D eigenvalue weighted by atomic mass is 35.5. The first-order valence-electron chi connectivity index (χ1n) is 14.4. The van der Waals surface area contributed by atoms with Gasteiger partial charge in [-0.05, 0) is 25.3 Å². The molecule has 0 saturated carbocycles. The lowest BCUT2D eigenvalue weighted by Crippen LogP contribution is -2.50. The molecule has 1 amide bonds. The lowest BCUT2D eigenvalue weighted by molar-refractivity contribution is -0.137. The molecule has 45 heavy (non-hydrogen) atoms. The first-order valence-corrected chi connectivity index (χ1v) is 15.8. The topological polar surface area (TPSA) is 64.9 Å². The molecule has 2 fully saturated rings. The zero-order chi connectivity index (χ0) is 32.2. The van der Waals surface area contributed by atoms with Crippen LogP contribution in [-0.2, 0) is 11.0 Å². The summed E-state index contributed by atoms with van der Waals surface area (Å²) in [4.78, 5) is 38.1. The molecule has 4 heterocycles. The Bertz CT molecular complexity index is 1730. The van der Waals surface area contributed by atoms with Gasteiger partial charge in [-0.3, -0.25) is 14.3 Å². The molecule has 1 aromatic heterocycles. The lowest BCUT2D eigenvalue weighted by Gasteiger charge is -2.38. The molecule has 15 heteroatoms.